The number of aliphatic carboxylic acids is 1. The molecular formula is C11H13NO3. The van der Waals surface area contributed by atoms with Crippen LogP contribution in [0.15, 0.2) is 24.3 Å². The molecule has 0 amide bonds. The second kappa shape index (κ2) is 3.64. The third-order valence-corrected chi connectivity index (χ3v) is 2.85. The highest BCUT2D eigenvalue weighted by Crippen LogP contribution is 2.30. The zero-order chi connectivity index (χ0) is 10.9. The summed E-state index contributed by atoms with van der Waals surface area (Å²) in [6.45, 7) is 0.642. The lowest BCUT2D eigenvalue weighted by atomic mass is 9.85. The van der Waals surface area contributed by atoms with Crippen molar-refractivity contribution in [3.8, 4) is 0 Å². The summed E-state index contributed by atoms with van der Waals surface area (Å²) in [5, 5.41) is 12.1. The van der Waals surface area contributed by atoms with Crippen molar-refractivity contribution >= 4 is 5.97 Å². The number of ether oxygens (including phenoxy) is 1. The molecule has 4 nitrogen and oxygen atoms in total. The standard InChI is InChI=1S/C11H13NO3/c1-12-11(10(13)14)7-15-6-8-4-2-3-5-9(8)11/h2-5,12H,6-7H2,1H3,(H,13,14). The Morgan fingerprint density at radius 3 is 2.93 bits per heavy atom. The summed E-state index contributed by atoms with van der Waals surface area (Å²) in [7, 11) is 1.64. The summed E-state index contributed by atoms with van der Waals surface area (Å²) in [4.78, 5) is 11.3. The van der Waals surface area contributed by atoms with Gasteiger partial charge in [-0.15, -0.1) is 0 Å². The normalized spacial score (nSPS) is 24.6. The van der Waals surface area contributed by atoms with Gasteiger partial charge in [-0.2, -0.15) is 0 Å². The van der Waals surface area contributed by atoms with E-state index in [1.54, 1.807) is 7.05 Å². The van der Waals surface area contributed by atoms with E-state index in [1.807, 2.05) is 24.3 Å². The van der Waals surface area contributed by atoms with E-state index in [0.717, 1.165) is 11.1 Å². The molecule has 1 unspecified atom stereocenters. The summed E-state index contributed by atoms with van der Waals surface area (Å²) in [6, 6.07) is 7.46. The van der Waals surface area contributed by atoms with Crippen LogP contribution in [0.25, 0.3) is 0 Å². The highest BCUT2D eigenvalue weighted by Gasteiger charge is 2.43. The summed E-state index contributed by atoms with van der Waals surface area (Å²) >= 11 is 0. The maximum absolute atomic E-state index is 11.3. The highest BCUT2D eigenvalue weighted by atomic mass is 16.5. The van der Waals surface area contributed by atoms with E-state index >= 15 is 0 Å². The molecule has 0 radical (unpaired) electrons. The van der Waals surface area contributed by atoms with Gasteiger partial charge in [-0.25, -0.2) is 4.79 Å². The van der Waals surface area contributed by atoms with Crippen LogP contribution in [0.5, 0.6) is 0 Å². The molecule has 1 aromatic carbocycles. The van der Waals surface area contributed by atoms with Crippen molar-refractivity contribution in [1.82, 2.24) is 5.32 Å². The quantitative estimate of drug-likeness (QED) is 0.750. The summed E-state index contributed by atoms with van der Waals surface area (Å²) in [5.74, 6) is -0.905. The van der Waals surface area contributed by atoms with Crippen LogP contribution in [0.2, 0.25) is 0 Å². The number of nitrogens with one attached hydrogen (secondary N) is 1. The molecule has 15 heavy (non-hydrogen) atoms. The minimum Gasteiger partial charge on any atom is -0.480 e. The average Bonchev–Trinajstić information content (AvgIpc) is 2.28. The molecular weight excluding hydrogens is 194 g/mol. The minimum atomic E-state index is -1.10. The van der Waals surface area contributed by atoms with E-state index < -0.39 is 11.5 Å². The maximum Gasteiger partial charge on any atom is 0.331 e. The molecule has 1 heterocycles. The van der Waals surface area contributed by atoms with Gasteiger partial charge >= 0.3 is 5.97 Å². The lowest BCUT2D eigenvalue weighted by Gasteiger charge is -2.34. The van der Waals surface area contributed by atoms with Crippen molar-refractivity contribution in [3.05, 3.63) is 35.4 Å². The van der Waals surface area contributed by atoms with Gasteiger partial charge in [0.1, 0.15) is 0 Å². The molecule has 1 aromatic rings. The predicted octanol–water partition coefficient (Wildman–Crippen LogP) is 0.716. The fourth-order valence-electron chi connectivity index (χ4n) is 1.95. The van der Waals surface area contributed by atoms with E-state index in [2.05, 4.69) is 5.32 Å². The van der Waals surface area contributed by atoms with Crippen molar-refractivity contribution in [1.29, 1.82) is 0 Å². The minimum absolute atomic E-state index is 0.163. The third kappa shape index (κ3) is 1.42. The van der Waals surface area contributed by atoms with Crippen LogP contribution < -0.4 is 5.32 Å². The summed E-state index contributed by atoms with van der Waals surface area (Å²) < 4.78 is 5.32. The highest BCUT2D eigenvalue weighted by molar-refractivity contribution is 5.82. The van der Waals surface area contributed by atoms with Gasteiger partial charge in [0.25, 0.3) is 0 Å². The Morgan fingerprint density at radius 2 is 2.27 bits per heavy atom. The number of carbonyl (C=O) groups is 1. The topological polar surface area (TPSA) is 58.6 Å². The SMILES string of the molecule is CNC1(C(=O)O)COCc2ccccc21. The van der Waals surface area contributed by atoms with Gasteiger partial charge in [-0.05, 0) is 18.2 Å². The Labute approximate surface area is 87.9 Å². The van der Waals surface area contributed by atoms with Gasteiger partial charge in [-0.3, -0.25) is 5.32 Å². The van der Waals surface area contributed by atoms with Crippen LogP contribution in [0, 0.1) is 0 Å². The van der Waals surface area contributed by atoms with Crippen LogP contribution in [-0.2, 0) is 21.7 Å². The van der Waals surface area contributed by atoms with Gasteiger partial charge in [-0.1, -0.05) is 24.3 Å². The summed E-state index contributed by atoms with van der Waals surface area (Å²) in [6.07, 6.45) is 0. The number of benzene rings is 1. The predicted molar refractivity (Wildman–Crippen MR) is 54.5 cm³/mol. The molecule has 0 spiro atoms. The largest absolute Gasteiger partial charge is 0.480 e. The summed E-state index contributed by atoms with van der Waals surface area (Å²) in [5.41, 5.74) is 0.626. The number of carboxylic acid groups (broad SMARTS) is 1. The number of hydrogen-bond donors (Lipinski definition) is 2. The first-order valence-corrected chi connectivity index (χ1v) is 4.79. The lowest BCUT2D eigenvalue weighted by Crippen LogP contribution is -2.53. The number of likely N-dealkylation sites (N-methyl/N-ethyl adjacent to an activating group) is 1. The molecule has 2 rings (SSSR count). The number of carboxylic acids is 1. The van der Waals surface area contributed by atoms with Crippen molar-refractivity contribution in [2.24, 2.45) is 0 Å². The second-order valence-electron chi connectivity index (χ2n) is 3.61. The fraction of sp³-hybridized carbons (Fsp3) is 0.364. The van der Waals surface area contributed by atoms with Gasteiger partial charge < -0.3 is 9.84 Å². The molecule has 0 bridgehead atoms. The maximum atomic E-state index is 11.3. The van der Waals surface area contributed by atoms with E-state index in [4.69, 9.17) is 4.74 Å². The Morgan fingerprint density at radius 1 is 1.53 bits per heavy atom. The number of hydrogen-bond acceptors (Lipinski definition) is 3. The fourth-order valence-corrected chi connectivity index (χ4v) is 1.95. The van der Waals surface area contributed by atoms with Crippen LogP contribution in [0.4, 0.5) is 0 Å². The first-order chi connectivity index (χ1) is 7.20. The van der Waals surface area contributed by atoms with Crippen LogP contribution in [0.1, 0.15) is 11.1 Å². The Bertz CT molecular complexity index is 391. The van der Waals surface area contributed by atoms with Crippen LogP contribution in [0.3, 0.4) is 0 Å². The van der Waals surface area contributed by atoms with E-state index in [0.29, 0.717) is 6.61 Å². The van der Waals surface area contributed by atoms with Crippen molar-refractivity contribution in [3.63, 3.8) is 0 Å². The smallest absolute Gasteiger partial charge is 0.331 e. The first kappa shape index (κ1) is 10.1. The van der Waals surface area contributed by atoms with Crippen molar-refractivity contribution in [2.45, 2.75) is 12.1 Å². The monoisotopic (exact) mass is 207 g/mol. The van der Waals surface area contributed by atoms with E-state index in [-0.39, 0.29) is 6.61 Å². The molecule has 1 aliphatic rings. The van der Waals surface area contributed by atoms with Gasteiger partial charge in [0.15, 0.2) is 5.54 Å². The van der Waals surface area contributed by atoms with Crippen LogP contribution >= 0.6 is 0 Å². The second-order valence-corrected chi connectivity index (χ2v) is 3.61. The molecule has 0 saturated carbocycles. The molecule has 2 N–H and O–H groups in total. The van der Waals surface area contributed by atoms with Gasteiger partial charge in [0.05, 0.1) is 13.2 Å². The molecule has 1 atom stereocenters. The molecule has 0 aliphatic carbocycles. The molecule has 0 saturated heterocycles. The van der Waals surface area contributed by atoms with E-state index in [9.17, 15) is 9.90 Å². The van der Waals surface area contributed by atoms with Gasteiger partial charge in [0.2, 0.25) is 0 Å². The number of rotatable bonds is 2. The molecule has 0 aromatic heterocycles. The van der Waals surface area contributed by atoms with Crippen molar-refractivity contribution in [2.75, 3.05) is 13.7 Å². The zero-order valence-corrected chi connectivity index (χ0v) is 8.49. The molecule has 1 aliphatic heterocycles. The average molecular weight is 207 g/mol. The Kier molecular flexibility index (Phi) is 2.46. The molecule has 80 valence electrons. The van der Waals surface area contributed by atoms with Crippen LogP contribution in [-0.4, -0.2) is 24.7 Å². The number of fused-ring (bicyclic) bond motifs is 1. The van der Waals surface area contributed by atoms with Crippen molar-refractivity contribution < 1.29 is 14.6 Å². The Hall–Kier alpha value is -1.39. The third-order valence-electron chi connectivity index (χ3n) is 2.85. The zero-order valence-electron chi connectivity index (χ0n) is 8.49. The van der Waals surface area contributed by atoms with Gasteiger partial charge in [0, 0.05) is 0 Å². The molecule has 0 fully saturated rings. The lowest BCUT2D eigenvalue weighted by molar-refractivity contribution is -0.149. The first-order valence-electron chi connectivity index (χ1n) is 4.79. The molecule has 4 heteroatoms. The van der Waals surface area contributed by atoms with E-state index in [1.165, 1.54) is 0 Å². The Balaban J connectivity index is 2.57.